The molecule has 2 aromatic heterocycles. The average molecular weight is 487 g/mol. The zero-order valence-corrected chi connectivity index (χ0v) is 19.9. The summed E-state index contributed by atoms with van der Waals surface area (Å²) in [7, 11) is -3.48. The van der Waals surface area contributed by atoms with Crippen LogP contribution >= 0.6 is 11.3 Å². The number of sulfonamides is 1. The number of nitrogens with zero attached hydrogens (tertiary/aromatic N) is 3. The molecule has 33 heavy (non-hydrogen) atoms. The number of nitrogens with one attached hydrogen (secondary N) is 1. The van der Waals surface area contributed by atoms with Gasteiger partial charge in [0.2, 0.25) is 15.9 Å². The van der Waals surface area contributed by atoms with E-state index in [2.05, 4.69) is 10.3 Å². The molecule has 174 valence electrons. The summed E-state index contributed by atoms with van der Waals surface area (Å²) in [5, 5.41) is 3.50. The zero-order valence-electron chi connectivity index (χ0n) is 18.2. The summed E-state index contributed by atoms with van der Waals surface area (Å²) in [6, 6.07) is 6.23. The topological polar surface area (TPSA) is 101 Å². The number of fused-ring (bicyclic) bond motifs is 3. The number of hydrogen-bond donors (Lipinski definition) is 1. The molecule has 1 saturated heterocycles. The normalized spacial score (nSPS) is 16.7. The van der Waals surface area contributed by atoms with Gasteiger partial charge in [0.05, 0.1) is 16.6 Å². The lowest BCUT2D eigenvalue weighted by molar-refractivity contribution is -0.116. The lowest BCUT2D eigenvalue weighted by atomic mass is 9.97. The number of amides is 1. The van der Waals surface area contributed by atoms with Crippen molar-refractivity contribution in [3.63, 3.8) is 0 Å². The van der Waals surface area contributed by atoms with Gasteiger partial charge in [-0.15, -0.1) is 11.3 Å². The van der Waals surface area contributed by atoms with Crippen molar-refractivity contribution in [1.82, 2.24) is 13.9 Å². The molecule has 1 aliphatic carbocycles. The van der Waals surface area contributed by atoms with Crippen LogP contribution in [0.3, 0.4) is 0 Å². The molecule has 0 radical (unpaired) electrons. The van der Waals surface area contributed by atoms with Gasteiger partial charge in [0.1, 0.15) is 4.83 Å². The highest BCUT2D eigenvalue weighted by atomic mass is 32.2. The van der Waals surface area contributed by atoms with Crippen molar-refractivity contribution in [3.05, 3.63) is 51.4 Å². The number of carbonyl (C=O) groups excluding carboxylic acids is 1. The van der Waals surface area contributed by atoms with Gasteiger partial charge in [-0.25, -0.2) is 13.4 Å². The van der Waals surface area contributed by atoms with Crippen LogP contribution in [0.2, 0.25) is 0 Å². The molecule has 3 heterocycles. The summed E-state index contributed by atoms with van der Waals surface area (Å²) in [6.07, 6.45) is 7.58. The van der Waals surface area contributed by atoms with Crippen LogP contribution in [0.25, 0.3) is 10.2 Å². The van der Waals surface area contributed by atoms with Crippen molar-refractivity contribution in [2.24, 2.45) is 0 Å². The van der Waals surface area contributed by atoms with Crippen LogP contribution in [0, 0.1) is 0 Å². The molecule has 1 fully saturated rings. The maximum absolute atomic E-state index is 13.0. The molecule has 0 unspecified atom stereocenters. The second kappa shape index (κ2) is 9.00. The van der Waals surface area contributed by atoms with Crippen molar-refractivity contribution in [3.8, 4) is 0 Å². The van der Waals surface area contributed by atoms with Crippen molar-refractivity contribution in [2.75, 3.05) is 18.4 Å². The fourth-order valence-electron chi connectivity index (χ4n) is 4.57. The molecule has 0 saturated carbocycles. The fourth-order valence-corrected chi connectivity index (χ4v) is 7.31. The second-order valence-electron chi connectivity index (χ2n) is 8.57. The third-order valence-corrected chi connectivity index (χ3v) is 9.48. The van der Waals surface area contributed by atoms with Crippen LogP contribution in [0.1, 0.15) is 42.5 Å². The Morgan fingerprint density at radius 3 is 2.55 bits per heavy atom. The summed E-state index contributed by atoms with van der Waals surface area (Å²) in [5.74, 6) is -0.246. The molecule has 0 atom stereocenters. The Morgan fingerprint density at radius 2 is 1.79 bits per heavy atom. The van der Waals surface area contributed by atoms with E-state index < -0.39 is 10.0 Å². The minimum atomic E-state index is -3.48. The quantitative estimate of drug-likeness (QED) is 0.577. The minimum Gasteiger partial charge on any atom is -0.326 e. The van der Waals surface area contributed by atoms with E-state index in [-0.39, 0.29) is 29.3 Å². The number of carbonyl (C=O) groups is 1. The Balaban J connectivity index is 1.24. The van der Waals surface area contributed by atoms with Crippen LogP contribution in [-0.4, -0.2) is 41.3 Å². The van der Waals surface area contributed by atoms with Gasteiger partial charge in [-0.3, -0.25) is 14.2 Å². The highest BCUT2D eigenvalue weighted by Gasteiger charge is 2.27. The number of anilines is 1. The maximum atomic E-state index is 13.0. The number of rotatable bonds is 6. The molecule has 0 spiro atoms. The van der Waals surface area contributed by atoms with E-state index >= 15 is 0 Å². The van der Waals surface area contributed by atoms with Crippen molar-refractivity contribution >= 4 is 43.2 Å². The Morgan fingerprint density at radius 1 is 1.06 bits per heavy atom. The van der Waals surface area contributed by atoms with E-state index in [1.165, 1.54) is 32.2 Å². The van der Waals surface area contributed by atoms with Gasteiger partial charge in [-0.05, 0) is 68.4 Å². The lowest BCUT2D eigenvalue weighted by Gasteiger charge is -2.15. The number of aryl methyl sites for hydroxylation is 3. The predicted octanol–water partition coefficient (Wildman–Crippen LogP) is 3.15. The molecular weight excluding hydrogens is 460 g/mol. The van der Waals surface area contributed by atoms with Crippen molar-refractivity contribution in [1.29, 1.82) is 0 Å². The van der Waals surface area contributed by atoms with Crippen LogP contribution in [0.5, 0.6) is 0 Å². The predicted molar refractivity (Wildman–Crippen MR) is 128 cm³/mol. The van der Waals surface area contributed by atoms with Gasteiger partial charge in [-0.1, -0.05) is 0 Å². The smallest absolute Gasteiger partial charge is 0.262 e. The molecular formula is C23H26N4O4S2. The van der Waals surface area contributed by atoms with E-state index in [1.807, 2.05) is 0 Å². The molecule has 10 heteroatoms. The number of hydrogen-bond acceptors (Lipinski definition) is 6. The fraction of sp³-hybridized carbons (Fsp3) is 0.435. The molecule has 5 rings (SSSR count). The van der Waals surface area contributed by atoms with Gasteiger partial charge >= 0.3 is 0 Å². The van der Waals surface area contributed by atoms with Crippen molar-refractivity contribution < 1.29 is 13.2 Å². The monoisotopic (exact) mass is 486 g/mol. The lowest BCUT2D eigenvalue weighted by Crippen LogP contribution is -2.27. The van der Waals surface area contributed by atoms with E-state index in [0.717, 1.165) is 48.9 Å². The van der Waals surface area contributed by atoms with Crippen LogP contribution < -0.4 is 10.9 Å². The Bertz CT molecular complexity index is 1350. The highest BCUT2D eigenvalue weighted by molar-refractivity contribution is 7.89. The molecule has 8 nitrogen and oxygen atoms in total. The summed E-state index contributed by atoms with van der Waals surface area (Å²) >= 11 is 1.61. The summed E-state index contributed by atoms with van der Waals surface area (Å²) in [5.41, 5.74) is 1.58. The first-order valence-electron chi connectivity index (χ1n) is 11.3. The minimum absolute atomic E-state index is 0.0799. The highest BCUT2D eigenvalue weighted by Crippen LogP contribution is 2.33. The van der Waals surface area contributed by atoms with Crippen LogP contribution in [0.4, 0.5) is 5.69 Å². The van der Waals surface area contributed by atoms with Crippen LogP contribution in [-0.2, 0) is 34.2 Å². The van der Waals surface area contributed by atoms with E-state index in [1.54, 1.807) is 23.5 Å². The molecule has 1 N–H and O–H groups in total. The summed E-state index contributed by atoms with van der Waals surface area (Å²) in [6.45, 7) is 1.34. The zero-order chi connectivity index (χ0) is 23.0. The van der Waals surface area contributed by atoms with Gasteiger partial charge in [0, 0.05) is 36.6 Å². The van der Waals surface area contributed by atoms with E-state index in [4.69, 9.17) is 0 Å². The van der Waals surface area contributed by atoms with Gasteiger partial charge in [0.25, 0.3) is 5.56 Å². The number of aromatic nitrogens is 2. The first-order valence-corrected chi connectivity index (χ1v) is 13.6. The third-order valence-electron chi connectivity index (χ3n) is 6.36. The van der Waals surface area contributed by atoms with E-state index in [0.29, 0.717) is 24.2 Å². The first kappa shape index (κ1) is 22.2. The molecule has 1 aromatic carbocycles. The average Bonchev–Trinajstić information content (AvgIpc) is 3.48. The largest absolute Gasteiger partial charge is 0.326 e. The summed E-state index contributed by atoms with van der Waals surface area (Å²) < 4.78 is 28.3. The molecule has 0 bridgehead atoms. The van der Waals surface area contributed by atoms with Crippen molar-refractivity contribution in [2.45, 2.75) is 56.4 Å². The van der Waals surface area contributed by atoms with E-state index in [9.17, 15) is 18.0 Å². The standard InChI is InChI=1S/C23H26N4O4S2/c28-20(25-16-7-9-17(10-8-16)33(30,31)27-12-3-4-13-27)11-14-26-15-24-22-21(23(26)29)18-5-1-2-6-19(18)32-22/h7-10,15H,1-6,11-14H2,(H,25,28). The maximum Gasteiger partial charge on any atom is 0.262 e. The Hall–Kier alpha value is -2.56. The Kier molecular flexibility index (Phi) is 6.07. The SMILES string of the molecule is O=C(CCn1cnc2sc3c(c2c1=O)CCCC3)Nc1ccc(S(=O)(=O)N2CCCC2)cc1. The summed E-state index contributed by atoms with van der Waals surface area (Å²) in [4.78, 5) is 32.2. The van der Waals surface area contributed by atoms with Gasteiger partial charge in [0.15, 0.2) is 0 Å². The molecule has 3 aromatic rings. The van der Waals surface area contributed by atoms with Gasteiger partial charge < -0.3 is 5.32 Å². The van der Waals surface area contributed by atoms with Gasteiger partial charge in [-0.2, -0.15) is 4.31 Å². The number of benzene rings is 1. The number of thiophene rings is 1. The molecule has 1 aliphatic heterocycles. The first-order chi connectivity index (χ1) is 15.9. The molecule has 2 aliphatic rings. The Labute approximate surface area is 196 Å². The second-order valence-corrected chi connectivity index (χ2v) is 11.6. The molecule has 1 amide bonds. The van der Waals surface area contributed by atoms with Crippen LogP contribution in [0.15, 0.2) is 40.3 Å². The third kappa shape index (κ3) is 4.34.